The summed E-state index contributed by atoms with van der Waals surface area (Å²) in [5.41, 5.74) is 0. The third-order valence-electron chi connectivity index (χ3n) is 1.96. The predicted molar refractivity (Wildman–Crippen MR) is 67.2 cm³/mol. The Morgan fingerprint density at radius 3 is 2.60 bits per heavy atom. The minimum Gasteiger partial charge on any atom is -0.450 e. The average Bonchev–Trinajstić information content (AvgIpc) is 2.74. The van der Waals surface area contributed by atoms with Crippen molar-refractivity contribution in [1.29, 1.82) is 0 Å². The van der Waals surface area contributed by atoms with Gasteiger partial charge in [0.1, 0.15) is 11.9 Å². The Balaban J connectivity index is 2.31. The van der Waals surface area contributed by atoms with Gasteiger partial charge in [-0.15, -0.1) is 11.3 Å². The van der Waals surface area contributed by atoms with Crippen molar-refractivity contribution in [2.24, 2.45) is 0 Å². The fraction of sp³-hybridized carbons (Fsp3) is 0.200. The summed E-state index contributed by atoms with van der Waals surface area (Å²) in [6, 6.07) is 5.66. The average molecular weight is 352 g/mol. The Labute approximate surface area is 108 Å². The molecule has 0 aliphatic heterocycles. The Kier molecular flexibility index (Phi) is 3.35. The first-order chi connectivity index (χ1) is 7.08. The van der Waals surface area contributed by atoms with Crippen LogP contribution in [0.2, 0.25) is 0 Å². The van der Waals surface area contributed by atoms with Crippen molar-refractivity contribution in [3.8, 4) is 0 Å². The molecule has 0 saturated carbocycles. The number of hydrogen-bond acceptors (Lipinski definition) is 3. The number of rotatable bonds is 2. The van der Waals surface area contributed by atoms with Crippen molar-refractivity contribution in [2.75, 3.05) is 0 Å². The van der Waals surface area contributed by atoms with Gasteiger partial charge in [-0.25, -0.2) is 0 Å². The third-order valence-corrected chi connectivity index (χ3v) is 4.73. The van der Waals surface area contributed by atoms with E-state index in [4.69, 9.17) is 4.42 Å². The molecule has 0 aliphatic rings. The molecule has 0 aliphatic carbocycles. The molecule has 2 rings (SSSR count). The molecule has 2 nitrogen and oxygen atoms in total. The molecule has 1 atom stereocenters. The Morgan fingerprint density at radius 1 is 1.40 bits per heavy atom. The zero-order chi connectivity index (χ0) is 11.0. The maximum atomic E-state index is 10.0. The fourth-order valence-corrected chi connectivity index (χ4v) is 2.72. The smallest absolute Gasteiger partial charge is 0.183 e. The van der Waals surface area contributed by atoms with Crippen molar-refractivity contribution in [3.05, 3.63) is 42.9 Å². The molecule has 1 N–H and O–H groups in total. The Morgan fingerprint density at radius 2 is 2.13 bits per heavy atom. The second-order valence-corrected chi connectivity index (χ2v) is 6.02. The van der Waals surface area contributed by atoms with Gasteiger partial charge in [0.15, 0.2) is 4.67 Å². The summed E-state index contributed by atoms with van der Waals surface area (Å²) >= 11 is 8.12. The Hall–Kier alpha value is -0.100. The highest BCUT2D eigenvalue weighted by Gasteiger charge is 2.18. The molecule has 15 heavy (non-hydrogen) atoms. The van der Waals surface area contributed by atoms with E-state index in [1.807, 2.05) is 19.1 Å². The molecule has 80 valence electrons. The van der Waals surface area contributed by atoms with E-state index in [0.29, 0.717) is 10.4 Å². The first-order valence-electron chi connectivity index (χ1n) is 4.27. The molecule has 0 amide bonds. The largest absolute Gasteiger partial charge is 0.450 e. The highest BCUT2D eigenvalue weighted by molar-refractivity contribution is 9.13. The quantitative estimate of drug-likeness (QED) is 0.877. The topological polar surface area (TPSA) is 33.4 Å². The molecule has 2 aromatic rings. The number of thiophene rings is 1. The van der Waals surface area contributed by atoms with Crippen LogP contribution in [-0.2, 0) is 0 Å². The van der Waals surface area contributed by atoms with Crippen molar-refractivity contribution in [3.63, 3.8) is 0 Å². The van der Waals surface area contributed by atoms with Gasteiger partial charge in [-0.05, 0) is 57.0 Å². The van der Waals surface area contributed by atoms with Gasteiger partial charge >= 0.3 is 0 Å². The van der Waals surface area contributed by atoms with Crippen LogP contribution in [0, 0.1) is 6.92 Å². The van der Waals surface area contributed by atoms with E-state index in [9.17, 15) is 5.11 Å². The highest BCUT2D eigenvalue weighted by atomic mass is 79.9. The second-order valence-electron chi connectivity index (χ2n) is 3.12. The first-order valence-corrected chi connectivity index (χ1v) is 6.67. The fourth-order valence-electron chi connectivity index (χ4n) is 1.24. The Bertz CT molecular complexity index is 456. The van der Waals surface area contributed by atoms with Crippen LogP contribution >= 0.6 is 43.2 Å². The van der Waals surface area contributed by atoms with Crippen molar-refractivity contribution >= 4 is 43.2 Å². The van der Waals surface area contributed by atoms with Gasteiger partial charge in [-0.2, -0.15) is 0 Å². The predicted octanol–water partition coefficient (Wildman–Crippen LogP) is 4.26. The second kappa shape index (κ2) is 4.41. The van der Waals surface area contributed by atoms with E-state index >= 15 is 0 Å². The molecule has 5 heteroatoms. The molecule has 0 bridgehead atoms. The van der Waals surface area contributed by atoms with Crippen LogP contribution in [0.25, 0.3) is 0 Å². The summed E-state index contributed by atoms with van der Waals surface area (Å²) in [5.74, 6) is 0.538. The number of aliphatic hydroxyl groups excluding tert-OH is 1. The molecule has 1 unspecified atom stereocenters. The van der Waals surface area contributed by atoms with Crippen molar-refractivity contribution in [1.82, 2.24) is 0 Å². The van der Waals surface area contributed by atoms with Crippen LogP contribution in [-0.4, -0.2) is 5.11 Å². The lowest BCUT2D eigenvalue weighted by molar-refractivity contribution is 0.191. The number of hydrogen-bond donors (Lipinski definition) is 1. The van der Waals surface area contributed by atoms with Gasteiger partial charge in [0.05, 0.1) is 4.47 Å². The maximum absolute atomic E-state index is 10.0. The van der Waals surface area contributed by atoms with E-state index in [2.05, 4.69) is 31.9 Å². The lowest BCUT2D eigenvalue weighted by Crippen LogP contribution is -1.93. The summed E-state index contributed by atoms with van der Waals surface area (Å²) in [5, 5.41) is 10.0. The van der Waals surface area contributed by atoms with Gasteiger partial charge < -0.3 is 9.52 Å². The summed E-state index contributed by atoms with van der Waals surface area (Å²) in [6.07, 6.45) is -0.689. The van der Waals surface area contributed by atoms with Crippen molar-refractivity contribution in [2.45, 2.75) is 13.0 Å². The van der Waals surface area contributed by atoms with Crippen molar-refractivity contribution < 1.29 is 9.52 Å². The van der Waals surface area contributed by atoms with E-state index < -0.39 is 6.10 Å². The van der Waals surface area contributed by atoms with E-state index in [1.165, 1.54) is 4.88 Å². The van der Waals surface area contributed by atoms with Crippen LogP contribution < -0.4 is 0 Å². The van der Waals surface area contributed by atoms with Crippen LogP contribution in [0.5, 0.6) is 0 Å². The van der Waals surface area contributed by atoms with Gasteiger partial charge in [0, 0.05) is 9.75 Å². The van der Waals surface area contributed by atoms with Crippen LogP contribution in [0.3, 0.4) is 0 Å². The normalized spacial score (nSPS) is 13.1. The third kappa shape index (κ3) is 2.36. The highest BCUT2D eigenvalue weighted by Crippen LogP contribution is 2.34. The first kappa shape index (κ1) is 11.4. The molecule has 0 fully saturated rings. The molecule has 0 spiro atoms. The number of furan rings is 1. The van der Waals surface area contributed by atoms with Crippen LogP contribution in [0.15, 0.2) is 31.8 Å². The van der Waals surface area contributed by atoms with E-state index in [-0.39, 0.29) is 0 Å². The van der Waals surface area contributed by atoms with E-state index in [1.54, 1.807) is 17.4 Å². The summed E-state index contributed by atoms with van der Waals surface area (Å²) < 4.78 is 6.78. The molecule has 0 saturated heterocycles. The van der Waals surface area contributed by atoms with Gasteiger partial charge in [0.2, 0.25) is 0 Å². The van der Waals surface area contributed by atoms with Crippen LogP contribution in [0.4, 0.5) is 0 Å². The monoisotopic (exact) mass is 350 g/mol. The molecule has 2 heterocycles. The molecule has 2 aromatic heterocycles. The number of aliphatic hydroxyl groups is 1. The van der Waals surface area contributed by atoms with Gasteiger partial charge in [0.25, 0.3) is 0 Å². The van der Waals surface area contributed by atoms with Gasteiger partial charge in [-0.3, -0.25) is 0 Å². The summed E-state index contributed by atoms with van der Waals surface area (Å²) in [6.45, 7) is 2.01. The molecular formula is C10H8Br2O2S. The number of halogens is 2. The zero-order valence-corrected chi connectivity index (χ0v) is 11.8. The minimum atomic E-state index is -0.689. The molecule has 0 aromatic carbocycles. The standard InChI is InChI=1S/C10H8Br2O2S/c1-5-2-3-8(15-5)9(13)7-4-6(11)10(12)14-7/h2-4,9,13H,1H3. The molecular weight excluding hydrogens is 344 g/mol. The SMILES string of the molecule is Cc1ccc(C(O)c2cc(Br)c(Br)o2)s1. The molecule has 0 radical (unpaired) electrons. The lowest BCUT2D eigenvalue weighted by Gasteiger charge is -2.03. The maximum Gasteiger partial charge on any atom is 0.183 e. The minimum absolute atomic E-state index is 0.538. The van der Waals surface area contributed by atoms with E-state index in [0.717, 1.165) is 9.35 Å². The summed E-state index contributed by atoms with van der Waals surface area (Å²) in [4.78, 5) is 2.06. The zero-order valence-electron chi connectivity index (χ0n) is 7.83. The number of aryl methyl sites for hydroxylation is 1. The summed E-state index contributed by atoms with van der Waals surface area (Å²) in [7, 11) is 0. The lowest BCUT2D eigenvalue weighted by atomic mass is 10.2. The van der Waals surface area contributed by atoms with Gasteiger partial charge in [-0.1, -0.05) is 0 Å². The van der Waals surface area contributed by atoms with Crippen LogP contribution in [0.1, 0.15) is 21.6 Å².